The molecule has 0 aliphatic carbocycles. The van der Waals surface area contributed by atoms with Gasteiger partial charge in [-0.3, -0.25) is 4.90 Å². The summed E-state index contributed by atoms with van der Waals surface area (Å²) in [6.07, 6.45) is 5.21. The van der Waals surface area contributed by atoms with Gasteiger partial charge in [-0.2, -0.15) is 0 Å². The second kappa shape index (κ2) is 7.27. The van der Waals surface area contributed by atoms with E-state index >= 15 is 0 Å². The fourth-order valence-corrected chi connectivity index (χ4v) is 3.43. The predicted octanol–water partition coefficient (Wildman–Crippen LogP) is 4.32. The second-order valence-electron chi connectivity index (χ2n) is 4.50. The van der Waals surface area contributed by atoms with Gasteiger partial charge in [-0.15, -0.1) is 0 Å². The molecule has 0 radical (unpaired) electrons. The predicted molar refractivity (Wildman–Crippen MR) is 70.3 cm³/mol. The Balaban J connectivity index is 4.98. The van der Waals surface area contributed by atoms with Gasteiger partial charge in [0.1, 0.15) is 0 Å². The van der Waals surface area contributed by atoms with Gasteiger partial charge in [0.2, 0.25) is 0 Å². The zero-order valence-corrected chi connectivity index (χ0v) is 11.8. The van der Waals surface area contributed by atoms with E-state index in [-0.39, 0.29) is 0 Å². The Hall–Kier alpha value is -0.0400. The molecule has 0 saturated carbocycles. The molecule has 0 fully saturated rings. The maximum absolute atomic E-state index is 2.69. The summed E-state index contributed by atoms with van der Waals surface area (Å²) in [4.78, 5) is 2.69. The van der Waals surface area contributed by atoms with Crippen LogP contribution in [0.3, 0.4) is 0 Å². The molecule has 0 aliphatic heterocycles. The smallest absolute Gasteiger partial charge is 0.0232 e. The van der Waals surface area contributed by atoms with Crippen LogP contribution >= 0.6 is 0 Å². The SMILES string of the molecule is CCC(CC)C(CC)(CC)N(CC)CC. The Labute approximate surface area is 97.2 Å². The van der Waals surface area contributed by atoms with E-state index in [1.165, 1.54) is 38.8 Å². The Morgan fingerprint density at radius 2 is 1.20 bits per heavy atom. The standard InChI is InChI=1S/C14H31N/c1-7-13(8-2)14(9-3,10-4)15(11-5)12-6/h13H,7-12H2,1-6H3. The van der Waals surface area contributed by atoms with Gasteiger partial charge in [0, 0.05) is 5.54 Å². The first-order chi connectivity index (χ1) is 7.16. The average Bonchev–Trinajstić information content (AvgIpc) is 2.29. The Kier molecular flexibility index (Phi) is 7.25. The molecule has 0 aromatic carbocycles. The zero-order chi connectivity index (χ0) is 11.9. The monoisotopic (exact) mass is 213 g/mol. The molecule has 92 valence electrons. The van der Waals surface area contributed by atoms with Crippen LogP contribution in [-0.4, -0.2) is 23.5 Å². The molecule has 15 heavy (non-hydrogen) atoms. The summed E-state index contributed by atoms with van der Waals surface area (Å²) in [7, 11) is 0. The van der Waals surface area contributed by atoms with Crippen LogP contribution in [0.4, 0.5) is 0 Å². The summed E-state index contributed by atoms with van der Waals surface area (Å²) in [5.41, 5.74) is 0.451. The summed E-state index contributed by atoms with van der Waals surface area (Å²) >= 11 is 0. The Bertz CT molecular complexity index is 127. The van der Waals surface area contributed by atoms with Gasteiger partial charge in [-0.25, -0.2) is 0 Å². The highest BCUT2D eigenvalue weighted by atomic mass is 15.2. The normalized spacial score (nSPS) is 12.8. The highest BCUT2D eigenvalue weighted by Crippen LogP contribution is 2.36. The number of hydrogen-bond donors (Lipinski definition) is 0. The van der Waals surface area contributed by atoms with E-state index in [2.05, 4.69) is 46.4 Å². The van der Waals surface area contributed by atoms with Gasteiger partial charge in [-0.1, -0.05) is 54.4 Å². The summed E-state index contributed by atoms with van der Waals surface area (Å²) in [5.74, 6) is 0.854. The van der Waals surface area contributed by atoms with Crippen molar-refractivity contribution in [1.29, 1.82) is 0 Å². The van der Waals surface area contributed by atoms with Crippen molar-refractivity contribution in [2.24, 2.45) is 5.92 Å². The van der Waals surface area contributed by atoms with Gasteiger partial charge in [0.05, 0.1) is 0 Å². The number of nitrogens with zero attached hydrogens (tertiary/aromatic N) is 1. The fourth-order valence-electron chi connectivity index (χ4n) is 3.43. The van der Waals surface area contributed by atoms with E-state index in [1.807, 2.05) is 0 Å². The van der Waals surface area contributed by atoms with Crippen molar-refractivity contribution < 1.29 is 0 Å². The lowest BCUT2D eigenvalue weighted by Gasteiger charge is -2.48. The third kappa shape index (κ3) is 2.96. The van der Waals surface area contributed by atoms with Gasteiger partial charge in [0.25, 0.3) is 0 Å². The zero-order valence-electron chi connectivity index (χ0n) is 11.8. The van der Waals surface area contributed by atoms with E-state index in [0.29, 0.717) is 5.54 Å². The van der Waals surface area contributed by atoms with Crippen LogP contribution in [0.15, 0.2) is 0 Å². The van der Waals surface area contributed by atoms with Gasteiger partial charge < -0.3 is 0 Å². The van der Waals surface area contributed by atoms with Crippen molar-refractivity contribution in [3.63, 3.8) is 0 Å². The molecule has 0 heterocycles. The second-order valence-corrected chi connectivity index (χ2v) is 4.50. The quantitative estimate of drug-likeness (QED) is 0.580. The average molecular weight is 213 g/mol. The lowest BCUT2D eigenvalue weighted by Crippen LogP contribution is -2.53. The molecular formula is C14H31N. The Morgan fingerprint density at radius 1 is 0.800 bits per heavy atom. The number of hydrogen-bond acceptors (Lipinski definition) is 1. The first-order valence-electron chi connectivity index (χ1n) is 6.91. The molecule has 0 N–H and O–H groups in total. The summed E-state index contributed by atoms with van der Waals surface area (Å²) < 4.78 is 0. The van der Waals surface area contributed by atoms with Crippen molar-refractivity contribution in [1.82, 2.24) is 4.90 Å². The van der Waals surface area contributed by atoms with Gasteiger partial charge >= 0.3 is 0 Å². The van der Waals surface area contributed by atoms with Gasteiger partial charge in [0.15, 0.2) is 0 Å². The van der Waals surface area contributed by atoms with Crippen LogP contribution in [0.25, 0.3) is 0 Å². The van der Waals surface area contributed by atoms with Crippen LogP contribution in [-0.2, 0) is 0 Å². The van der Waals surface area contributed by atoms with Crippen LogP contribution < -0.4 is 0 Å². The summed E-state index contributed by atoms with van der Waals surface area (Å²) in [6, 6.07) is 0. The van der Waals surface area contributed by atoms with Crippen molar-refractivity contribution in [3.05, 3.63) is 0 Å². The van der Waals surface area contributed by atoms with E-state index in [9.17, 15) is 0 Å². The molecular weight excluding hydrogens is 182 g/mol. The lowest BCUT2D eigenvalue weighted by molar-refractivity contribution is 0.0266. The lowest BCUT2D eigenvalue weighted by atomic mass is 9.75. The number of rotatable bonds is 8. The van der Waals surface area contributed by atoms with E-state index in [4.69, 9.17) is 0 Å². The minimum Gasteiger partial charge on any atom is -0.298 e. The molecule has 1 heteroatoms. The molecule has 0 aromatic rings. The van der Waals surface area contributed by atoms with E-state index < -0.39 is 0 Å². The molecule has 0 aromatic heterocycles. The van der Waals surface area contributed by atoms with Crippen LogP contribution in [0.2, 0.25) is 0 Å². The first kappa shape index (κ1) is 15.0. The molecule has 0 aliphatic rings. The van der Waals surface area contributed by atoms with E-state index in [1.54, 1.807) is 0 Å². The summed E-state index contributed by atoms with van der Waals surface area (Å²) in [5, 5.41) is 0. The molecule has 0 amide bonds. The van der Waals surface area contributed by atoms with Gasteiger partial charge in [-0.05, 0) is 31.8 Å². The molecule has 0 atom stereocenters. The van der Waals surface area contributed by atoms with Crippen LogP contribution in [0.1, 0.15) is 67.2 Å². The van der Waals surface area contributed by atoms with Crippen molar-refractivity contribution in [3.8, 4) is 0 Å². The van der Waals surface area contributed by atoms with Crippen molar-refractivity contribution in [2.45, 2.75) is 72.8 Å². The van der Waals surface area contributed by atoms with Crippen LogP contribution in [0, 0.1) is 5.92 Å². The van der Waals surface area contributed by atoms with Crippen LogP contribution in [0.5, 0.6) is 0 Å². The molecule has 0 saturated heterocycles. The highest BCUT2D eigenvalue weighted by Gasteiger charge is 2.37. The Morgan fingerprint density at radius 3 is 1.40 bits per heavy atom. The maximum Gasteiger partial charge on any atom is 0.0232 e. The first-order valence-corrected chi connectivity index (χ1v) is 6.91. The van der Waals surface area contributed by atoms with E-state index in [0.717, 1.165) is 5.92 Å². The largest absolute Gasteiger partial charge is 0.298 e. The molecule has 0 rings (SSSR count). The summed E-state index contributed by atoms with van der Waals surface area (Å²) in [6.45, 7) is 16.4. The highest BCUT2D eigenvalue weighted by molar-refractivity contribution is 4.93. The minimum absolute atomic E-state index is 0.451. The minimum atomic E-state index is 0.451. The van der Waals surface area contributed by atoms with Crippen molar-refractivity contribution >= 4 is 0 Å². The topological polar surface area (TPSA) is 3.24 Å². The molecule has 1 nitrogen and oxygen atoms in total. The third-order valence-corrected chi connectivity index (χ3v) is 4.36. The molecule has 0 spiro atoms. The van der Waals surface area contributed by atoms with Crippen molar-refractivity contribution in [2.75, 3.05) is 13.1 Å². The maximum atomic E-state index is 2.69. The third-order valence-electron chi connectivity index (χ3n) is 4.36. The fraction of sp³-hybridized carbons (Fsp3) is 1.00. The molecule has 0 bridgehead atoms. The molecule has 0 unspecified atom stereocenters.